The molecule has 0 aliphatic carbocycles. The topological polar surface area (TPSA) is 81.4 Å². The Morgan fingerprint density at radius 1 is 1.28 bits per heavy atom. The van der Waals surface area contributed by atoms with Crippen LogP contribution in [0.3, 0.4) is 0 Å². The molecular weight excluding hydrogens is 232 g/mol. The first-order valence-electron chi connectivity index (χ1n) is 5.90. The number of rotatable bonds is 6. The quantitative estimate of drug-likeness (QED) is 0.584. The monoisotopic (exact) mass is 250 g/mol. The van der Waals surface area contributed by atoms with Crippen LogP contribution in [0.25, 0.3) is 0 Å². The van der Waals surface area contributed by atoms with Crippen molar-refractivity contribution in [2.24, 2.45) is 5.73 Å². The van der Waals surface area contributed by atoms with E-state index in [0.29, 0.717) is 12.2 Å². The fraction of sp³-hybridized carbons (Fsp3) is 0.385. The number of carbonyl (C=O) groups excluding carboxylic acids is 2. The number of hydrogen-bond acceptors (Lipinski definition) is 4. The maximum atomic E-state index is 11.5. The molecule has 18 heavy (non-hydrogen) atoms. The zero-order chi connectivity index (χ0) is 13.4. The minimum atomic E-state index is -0.519. The molecule has 0 unspecified atom stereocenters. The number of hydrogen-bond donors (Lipinski definition) is 2. The van der Waals surface area contributed by atoms with Gasteiger partial charge in [0.25, 0.3) is 0 Å². The van der Waals surface area contributed by atoms with Crippen LogP contribution >= 0.6 is 0 Å². The number of esters is 1. The zero-order valence-corrected chi connectivity index (χ0v) is 10.4. The van der Waals surface area contributed by atoms with Gasteiger partial charge in [0, 0.05) is 5.69 Å². The van der Waals surface area contributed by atoms with Crippen LogP contribution in [0, 0.1) is 0 Å². The third kappa shape index (κ3) is 4.97. The van der Waals surface area contributed by atoms with Crippen molar-refractivity contribution in [3.8, 4) is 0 Å². The number of anilines is 1. The van der Waals surface area contributed by atoms with Crippen molar-refractivity contribution < 1.29 is 14.3 Å². The molecular formula is C13H18N2O3. The molecule has 3 N–H and O–H groups in total. The molecule has 0 aliphatic heterocycles. The summed E-state index contributed by atoms with van der Waals surface area (Å²) in [7, 11) is 0. The summed E-state index contributed by atoms with van der Waals surface area (Å²) < 4.78 is 4.69. The maximum absolute atomic E-state index is 11.5. The lowest BCUT2D eigenvalue weighted by Gasteiger charge is -2.06. The number of carbonyl (C=O) groups is 2. The van der Waals surface area contributed by atoms with E-state index in [-0.39, 0.29) is 18.9 Å². The van der Waals surface area contributed by atoms with Gasteiger partial charge in [0.1, 0.15) is 6.42 Å². The first-order chi connectivity index (χ1) is 8.65. The van der Waals surface area contributed by atoms with Crippen molar-refractivity contribution in [1.82, 2.24) is 0 Å². The molecule has 0 heterocycles. The van der Waals surface area contributed by atoms with Crippen LogP contribution in [-0.4, -0.2) is 25.0 Å². The standard InChI is InChI=1S/C13H18N2O3/c1-2-18-13(17)9-12(16)15-11-5-3-10(4-6-11)7-8-14/h3-6H,2,7-9,14H2,1H3,(H,15,16). The molecule has 1 aromatic rings. The first kappa shape index (κ1) is 14.2. The van der Waals surface area contributed by atoms with Gasteiger partial charge in [-0.05, 0) is 37.6 Å². The van der Waals surface area contributed by atoms with E-state index in [1.165, 1.54) is 0 Å². The van der Waals surface area contributed by atoms with Crippen molar-refractivity contribution >= 4 is 17.6 Å². The van der Waals surface area contributed by atoms with E-state index < -0.39 is 5.97 Å². The molecule has 0 spiro atoms. The normalized spacial score (nSPS) is 9.89. The van der Waals surface area contributed by atoms with Crippen molar-refractivity contribution in [1.29, 1.82) is 0 Å². The minimum Gasteiger partial charge on any atom is -0.466 e. The Morgan fingerprint density at radius 2 is 1.94 bits per heavy atom. The number of amides is 1. The third-order valence-corrected chi connectivity index (χ3v) is 2.28. The molecule has 0 saturated carbocycles. The lowest BCUT2D eigenvalue weighted by Crippen LogP contribution is -2.18. The predicted octanol–water partition coefficient (Wildman–Crippen LogP) is 1.08. The largest absolute Gasteiger partial charge is 0.466 e. The highest BCUT2D eigenvalue weighted by Gasteiger charge is 2.10. The fourth-order valence-electron chi connectivity index (χ4n) is 1.47. The van der Waals surface area contributed by atoms with Gasteiger partial charge in [0.15, 0.2) is 0 Å². The van der Waals surface area contributed by atoms with E-state index in [1.807, 2.05) is 12.1 Å². The van der Waals surface area contributed by atoms with Crippen molar-refractivity contribution in [2.45, 2.75) is 19.8 Å². The molecule has 0 saturated heterocycles. The van der Waals surface area contributed by atoms with Gasteiger partial charge in [0.2, 0.25) is 5.91 Å². The average molecular weight is 250 g/mol. The molecule has 5 heteroatoms. The highest BCUT2D eigenvalue weighted by Crippen LogP contribution is 2.10. The molecule has 98 valence electrons. The Morgan fingerprint density at radius 3 is 2.50 bits per heavy atom. The van der Waals surface area contributed by atoms with Crippen molar-refractivity contribution in [2.75, 3.05) is 18.5 Å². The number of nitrogens with one attached hydrogen (secondary N) is 1. The Labute approximate surface area is 106 Å². The summed E-state index contributed by atoms with van der Waals surface area (Å²) in [5.74, 6) is -0.894. The molecule has 1 aromatic carbocycles. The van der Waals surface area contributed by atoms with E-state index in [1.54, 1.807) is 19.1 Å². The highest BCUT2D eigenvalue weighted by atomic mass is 16.5. The Bertz CT molecular complexity index is 401. The van der Waals surface area contributed by atoms with Crippen molar-refractivity contribution in [3.05, 3.63) is 29.8 Å². The average Bonchev–Trinajstić information content (AvgIpc) is 2.32. The van der Waals surface area contributed by atoms with Gasteiger partial charge < -0.3 is 15.8 Å². The van der Waals surface area contributed by atoms with E-state index in [9.17, 15) is 9.59 Å². The second-order valence-electron chi connectivity index (χ2n) is 3.77. The summed E-state index contributed by atoms with van der Waals surface area (Å²) in [4.78, 5) is 22.6. The van der Waals surface area contributed by atoms with Crippen molar-refractivity contribution in [3.63, 3.8) is 0 Å². The van der Waals surface area contributed by atoms with Crippen LogP contribution in [0.5, 0.6) is 0 Å². The maximum Gasteiger partial charge on any atom is 0.315 e. The van der Waals surface area contributed by atoms with Crippen LogP contribution in [0.1, 0.15) is 18.9 Å². The van der Waals surface area contributed by atoms with E-state index >= 15 is 0 Å². The minimum absolute atomic E-state index is 0.265. The SMILES string of the molecule is CCOC(=O)CC(=O)Nc1ccc(CCN)cc1. The van der Waals surface area contributed by atoms with E-state index in [4.69, 9.17) is 5.73 Å². The molecule has 0 aliphatic rings. The Balaban J connectivity index is 2.46. The molecule has 0 atom stereocenters. The summed E-state index contributed by atoms with van der Waals surface area (Å²) in [6.07, 6.45) is 0.537. The summed E-state index contributed by atoms with van der Waals surface area (Å²) in [6.45, 7) is 2.57. The Hall–Kier alpha value is -1.88. The van der Waals surface area contributed by atoms with Crippen LogP contribution in [0.4, 0.5) is 5.69 Å². The third-order valence-electron chi connectivity index (χ3n) is 2.28. The predicted molar refractivity (Wildman–Crippen MR) is 69.1 cm³/mol. The lowest BCUT2D eigenvalue weighted by molar-refractivity contribution is -0.145. The van der Waals surface area contributed by atoms with Gasteiger partial charge in [-0.15, -0.1) is 0 Å². The van der Waals surface area contributed by atoms with Crippen LogP contribution in [-0.2, 0) is 20.7 Å². The first-order valence-corrected chi connectivity index (χ1v) is 5.90. The Kier molecular flexibility index (Phi) is 5.87. The van der Waals surface area contributed by atoms with Crippen LogP contribution in [0.2, 0.25) is 0 Å². The molecule has 0 fully saturated rings. The lowest BCUT2D eigenvalue weighted by atomic mass is 10.1. The number of ether oxygens (including phenoxy) is 1. The summed E-state index contributed by atoms with van der Waals surface area (Å²) >= 11 is 0. The zero-order valence-electron chi connectivity index (χ0n) is 10.4. The highest BCUT2D eigenvalue weighted by molar-refractivity contribution is 6.01. The molecule has 1 amide bonds. The summed E-state index contributed by atoms with van der Waals surface area (Å²) in [5, 5.41) is 2.63. The number of nitrogens with two attached hydrogens (primary N) is 1. The summed E-state index contributed by atoms with van der Waals surface area (Å²) in [6, 6.07) is 7.36. The second-order valence-corrected chi connectivity index (χ2v) is 3.77. The summed E-state index contributed by atoms with van der Waals surface area (Å²) in [5.41, 5.74) is 7.21. The molecule has 0 radical (unpaired) electrons. The molecule has 5 nitrogen and oxygen atoms in total. The van der Waals surface area contributed by atoms with Crippen LogP contribution in [0.15, 0.2) is 24.3 Å². The van der Waals surface area contributed by atoms with Gasteiger partial charge in [0.05, 0.1) is 6.61 Å². The smallest absolute Gasteiger partial charge is 0.315 e. The number of benzene rings is 1. The molecule has 1 rings (SSSR count). The van der Waals surface area contributed by atoms with Gasteiger partial charge in [-0.1, -0.05) is 12.1 Å². The fourth-order valence-corrected chi connectivity index (χ4v) is 1.47. The molecule has 0 aromatic heterocycles. The van der Waals surface area contributed by atoms with Gasteiger partial charge in [-0.25, -0.2) is 0 Å². The van der Waals surface area contributed by atoms with Gasteiger partial charge in [-0.2, -0.15) is 0 Å². The van der Waals surface area contributed by atoms with Gasteiger partial charge in [-0.3, -0.25) is 9.59 Å². The van der Waals surface area contributed by atoms with Gasteiger partial charge >= 0.3 is 5.97 Å². The van der Waals surface area contributed by atoms with E-state index in [2.05, 4.69) is 10.1 Å². The van der Waals surface area contributed by atoms with Crippen LogP contribution < -0.4 is 11.1 Å². The molecule has 0 bridgehead atoms. The van der Waals surface area contributed by atoms with E-state index in [0.717, 1.165) is 12.0 Å². The second kappa shape index (κ2) is 7.45.